The van der Waals surface area contributed by atoms with Crippen LogP contribution in [-0.4, -0.2) is 160 Å². The van der Waals surface area contributed by atoms with Crippen molar-refractivity contribution in [2.45, 2.75) is 118 Å². The maximum absolute atomic E-state index is 13.0. The molecule has 0 unspecified atom stereocenters. The fraction of sp³-hybridized carbons (Fsp3) is 0.300. The summed E-state index contributed by atoms with van der Waals surface area (Å²) in [7, 11) is 0. The summed E-state index contributed by atoms with van der Waals surface area (Å²) in [5.74, 6) is 0.953. The normalized spacial score (nSPS) is 12.4. The second-order valence-corrected chi connectivity index (χ2v) is 30.6. The molecule has 24 nitrogen and oxygen atoms in total. The van der Waals surface area contributed by atoms with Gasteiger partial charge in [-0.3, -0.25) is 59.5 Å². The molecule has 8 aromatic heterocycles. The van der Waals surface area contributed by atoms with Gasteiger partial charge in [0.2, 0.25) is 0 Å². The molecule has 13 rings (SSSR count). The molecule has 2 N–H and O–H groups in total. The van der Waals surface area contributed by atoms with Crippen LogP contribution in [0.5, 0.6) is 11.5 Å². The van der Waals surface area contributed by atoms with Gasteiger partial charge in [0.25, 0.3) is 0 Å². The van der Waals surface area contributed by atoms with Crippen LogP contribution in [0.1, 0.15) is 118 Å². The van der Waals surface area contributed by atoms with Crippen molar-refractivity contribution in [2.75, 3.05) is 88.7 Å². The Bertz CT molecular complexity index is 4570. The summed E-state index contributed by atoms with van der Waals surface area (Å²) < 4.78 is 24.8. The van der Waals surface area contributed by atoms with E-state index in [0.29, 0.717) is 192 Å². The SMILES string of the molecule is CCN(CCOCC([O-])=NCCCCOc1cc(CN(Cc2ccccn2)Cc2ccccn2)cc(CN(Cc2ccccn2)Cc2ccccn2)c1)c1ccc(C2=C(O)C(c3ccc(N(CC)CCOCC([O-])=NCCCCOc4cc(CN(Cc5ccccn5)Cc5ccccn5)cc(CN(Cc5ccccn5)Cc5ccccn5)c4)cc3)=C2O)cc1. The monoisotopic (exact) mass is 1660 g/mol. The van der Waals surface area contributed by atoms with Gasteiger partial charge in [0.1, 0.15) is 23.0 Å². The minimum Gasteiger partial charge on any atom is -0.860 e. The number of nitrogens with zero attached hydrogens (tertiary/aromatic N) is 16. The van der Waals surface area contributed by atoms with Gasteiger partial charge in [-0.25, -0.2) is 0 Å². The molecule has 0 spiro atoms. The molecule has 0 fully saturated rings. The topological polar surface area (TPSA) is 271 Å². The highest BCUT2D eigenvalue weighted by atomic mass is 16.5. The lowest BCUT2D eigenvalue weighted by Gasteiger charge is -2.27. The summed E-state index contributed by atoms with van der Waals surface area (Å²) >= 11 is 0. The van der Waals surface area contributed by atoms with E-state index in [1.807, 2.05) is 244 Å². The summed E-state index contributed by atoms with van der Waals surface area (Å²) in [5, 5.41) is 48.8. The van der Waals surface area contributed by atoms with Gasteiger partial charge >= 0.3 is 0 Å². The molecule has 8 heterocycles. The molecular formula is C100H110N16O8-2. The van der Waals surface area contributed by atoms with E-state index in [4.69, 9.17) is 18.9 Å². The van der Waals surface area contributed by atoms with Crippen LogP contribution in [0.3, 0.4) is 0 Å². The van der Waals surface area contributed by atoms with E-state index in [1.165, 1.54) is 0 Å². The molecule has 0 aliphatic heterocycles. The zero-order valence-electron chi connectivity index (χ0n) is 70.9. The number of hydrogen-bond donors (Lipinski definition) is 2. The maximum Gasteiger partial charge on any atom is 0.138 e. The fourth-order valence-corrected chi connectivity index (χ4v) is 15.0. The number of allylic oxidation sites excluding steroid dienone is 2. The number of rotatable bonds is 52. The van der Waals surface area contributed by atoms with Crippen molar-refractivity contribution in [2.24, 2.45) is 9.98 Å². The zero-order chi connectivity index (χ0) is 85.5. The van der Waals surface area contributed by atoms with E-state index in [1.54, 1.807) is 0 Å². The van der Waals surface area contributed by atoms with Crippen LogP contribution < -0.4 is 29.5 Å². The molecule has 4 aromatic carbocycles. The summed E-state index contributed by atoms with van der Waals surface area (Å²) in [6.45, 7) is 16.1. The molecule has 0 amide bonds. The third-order valence-corrected chi connectivity index (χ3v) is 21.0. The smallest absolute Gasteiger partial charge is 0.138 e. The number of benzene rings is 4. The average Bonchev–Trinajstić information content (AvgIpc) is 0.745. The van der Waals surface area contributed by atoms with Crippen LogP contribution in [-0.2, 0) is 88.0 Å². The Labute approximate surface area is 728 Å². The van der Waals surface area contributed by atoms with Crippen LogP contribution in [0, 0.1) is 0 Å². The van der Waals surface area contributed by atoms with E-state index in [2.05, 4.69) is 130 Å². The Morgan fingerprint density at radius 3 is 0.806 bits per heavy atom. The average molecular weight is 1660 g/mol. The Kier molecular flexibility index (Phi) is 34.4. The summed E-state index contributed by atoms with van der Waals surface area (Å²) in [6.07, 6.45) is 17.3. The van der Waals surface area contributed by atoms with E-state index in [-0.39, 0.29) is 36.5 Å². The molecule has 1 aliphatic carbocycles. The van der Waals surface area contributed by atoms with Crippen molar-refractivity contribution in [1.82, 2.24) is 59.5 Å². The van der Waals surface area contributed by atoms with Crippen LogP contribution >= 0.6 is 0 Å². The molecule has 124 heavy (non-hydrogen) atoms. The maximum atomic E-state index is 13.0. The van der Waals surface area contributed by atoms with E-state index < -0.39 is 0 Å². The summed E-state index contributed by atoms with van der Waals surface area (Å²) in [5.41, 5.74) is 16.1. The molecule has 0 atom stereocenters. The number of aliphatic hydroxyl groups excluding tert-OH is 2. The van der Waals surface area contributed by atoms with Crippen LogP contribution in [0.25, 0.3) is 11.1 Å². The third kappa shape index (κ3) is 28.6. The molecule has 640 valence electrons. The van der Waals surface area contributed by atoms with Crippen LogP contribution in [0.4, 0.5) is 11.4 Å². The number of unbranched alkanes of at least 4 members (excludes halogenated alkanes) is 2. The zero-order valence-corrected chi connectivity index (χ0v) is 70.9. The number of hydrogen-bond acceptors (Lipinski definition) is 24. The van der Waals surface area contributed by atoms with Gasteiger partial charge in [-0.05, 0) is 230 Å². The quantitative estimate of drug-likeness (QED) is 0.0204. The second kappa shape index (κ2) is 48.0. The van der Waals surface area contributed by atoms with E-state index in [0.717, 1.165) is 90.7 Å². The molecule has 24 heteroatoms. The van der Waals surface area contributed by atoms with Crippen LogP contribution in [0.15, 0.2) is 302 Å². The number of likely N-dealkylation sites (N-methyl/N-ethyl adjacent to an activating group) is 2. The molecular weight excluding hydrogens is 1550 g/mol. The van der Waals surface area contributed by atoms with E-state index >= 15 is 0 Å². The molecule has 0 bridgehead atoms. The number of aliphatic imine (C=N–C) groups is 2. The summed E-state index contributed by atoms with van der Waals surface area (Å²) in [4.78, 5) is 59.6. The van der Waals surface area contributed by atoms with E-state index in [9.17, 15) is 20.4 Å². The lowest BCUT2D eigenvalue weighted by atomic mass is 9.84. The van der Waals surface area contributed by atoms with Crippen molar-refractivity contribution >= 4 is 34.3 Å². The minimum atomic E-state index is -0.308. The van der Waals surface area contributed by atoms with Crippen molar-refractivity contribution in [3.05, 3.63) is 371 Å². The predicted molar refractivity (Wildman–Crippen MR) is 482 cm³/mol. The number of pyridine rings is 8. The highest BCUT2D eigenvalue weighted by molar-refractivity contribution is 6.06. The molecule has 1 aliphatic rings. The Hall–Kier alpha value is -12.9. The van der Waals surface area contributed by atoms with Gasteiger partial charge in [0.15, 0.2) is 0 Å². The van der Waals surface area contributed by atoms with Gasteiger partial charge in [-0.1, -0.05) is 84.9 Å². The Morgan fingerprint density at radius 1 is 0.315 bits per heavy atom. The van der Waals surface area contributed by atoms with Gasteiger partial charge in [0.05, 0.1) is 96.3 Å². The number of anilines is 2. The lowest BCUT2D eigenvalue weighted by molar-refractivity contribution is -0.224. The highest BCUT2D eigenvalue weighted by Crippen LogP contribution is 2.45. The van der Waals surface area contributed by atoms with Crippen molar-refractivity contribution in [3.8, 4) is 11.5 Å². The number of ether oxygens (including phenoxy) is 4. The Balaban J connectivity index is 0.533. The fourth-order valence-electron chi connectivity index (χ4n) is 15.0. The first kappa shape index (κ1) is 88.8. The standard InChI is InChI=1S/C100H112N16O8/c1-3-115(51-55-121-75-95(117)109-49-21-23-53-123-93-59-77(63-111(67-83-25-5-13-41-101-83)68-84-26-6-14-42-102-84)57-78(60-93)64-112(69-85-27-7-15-43-103-85)70-86-28-8-16-44-104-86)91-37-33-81(34-38-91)97-99(119)98(100(97)120)82-35-39-92(40-36-82)116(4-2)52-56-122-76-96(118)110-50-22-24-54-124-94-61-79(65-113(71-87-29-9-17-45-105-87)72-88-30-10-18-46-106-88)58-80(62-94)66-114(73-89-31-11-19-47-107-89)74-90-32-12-20-48-108-90/h5-20,25-48,57-62,119-120H,3-4,21-24,49-56,63-76H2,1-2H3,(H,109,117)(H,110,118)/p-2. The minimum absolute atomic E-state index is 0.0161. The van der Waals surface area contributed by atoms with Crippen molar-refractivity contribution in [3.63, 3.8) is 0 Å². The van der Waals surface area contributed by atoms with Gasteiger partial charge in [-0.15, -0.1) is 0 Å². The van der Waals surface area contributed by atoms with Crippen molar-refractivity contribution in [1.29, 1.82) is 0 Å². The first-order valence-corrected chi connectivity index (χ1v) is 42.7. The Morgan fingerprint density at radius 2 is 0.573 bits per heavy atom. The molecule has 12 aromatic rings. The first-order chi connectivity index (χ1) is 61.0. The molecule has 0 radical (unpaired) electrons. The third-order valence-electron chi connectivity index (χ3n) is 21.0. The second-order valence-electron chi connectivity index (χ2n) is 30.6. The first-order valence-electron chi connectivity index (χ1n) is 42.7. The largest absolute Gasteiger partial charge is 0.860 e. The van der Waals surface area contributed by atoms with Gasteiger partial charge in [-0.2, -0.15) is 0 Å². The number of aliphatic hydroxyl groups is 2. The highest BCUT2D eigenvalue weighted by Gasteiger charge is 2.32. The van der Waals surface area contributed by atoms with Gasteiger partial charge < -0.3 is 59.2 Å². The molecule has 0 saturated heterocycles. The molecule has 0 saturated carbocycles. The number of aromatic nitrogens is 8. The van der Waals surface area contributed by atoms with Gasteiger partial charge in [0, 0.05) is 179 Å². The van der Waals surface area contributed by atoms with Crippen LogP contribution in [0.2, 0.25) is 0 Å². The summed E-state index contributed by atoms with van der Waals surface area (Å²) in [6, 6.07) is 76.3. The van der Waals surface area contributed by atoms with Crippen molar-refractivity contribution < 1.29 is 39.4 Å². The predicted octanol–water partition coefficient (Wildman–Crippen LogP) is 14.8. The lowest BCUT2D eigenvalue weighted by Crippen LogP contribution is -2.30.